The maximum atomic E-state index is 4.44. The van der Waals surface area contributed by atoms with E-state index < -0.39 is 0 Å². The van der Waals surface area contributed by atoms with Crippen LogP contribution in [0.1, 0.15) is 57.5 Å². The summed E-state index contributed by atoms with van der Waals surface area (Å²) < 4.78 is 0. The van der Waals surface area contributed by atoms with E-state index in [0.29, 0.717) is 11.5 Å². The van der Waals surface area contributed by atoms with Crippen LogP contribution in [0, 0.1) is 12.3 Å². The average molecular weight is 233 g/mol. The first-order chi connectivity index (χ1) is 8.00. The van der Waals surface area contributed by atoms with Crippen LogP contribution in [0.4, 0.5) is 0 Å². The number of hydrogen-bond acceptors (Lipinski definition) is 3. The zero-order valence-corrected chi connectivity index (χ0v) is 11.3. The Morgan fingerprint density at radius 2 is 2.06 bits per heavy atom. The van der Waals surface area contributed by atoms with E-state index in [9.17, 15) is 0 Å². The topological polar surface area (TPSA) is 37.8 Å². The predicted octanol–water partition coefficient (Wildman–Crippen LogP) is 3.01. The van der Waals surface area contributed by atoms with Crippen molar-refractivity contribution in [2.75, 3.05) is 0 Å². The molecule has 1 N–H and O–H groups in total. The van der Waals surface area contributed by atoms with Gasteiger partial charge in [-0.05, 0) is 32.1 Å². The summed E-state index contributed by atoms with van der Waals surface area (Å²) in [7, 11) is 0. The minimum atomic E-state index is 0.283. The average Bonchev–Trinajstić information content (AvgIpc) is 2.59. The van der Waals surface area contributed by atoms with Gasteiger partial charge in [-0.2, -0.15) is 0 Å². The molecule has 1 aliphatic carbocycles. The molecular weight excluding hydrogens is 210 g/mol. The third kappa shape index (κ3) is 2.65. The van der Waals surface area contributed by atoms with Gasteiger partial charge in [0.2, 0.25) is 0 Å². The maximum absolute atomic E-state index is 4.44. The van der Waals surface area contributed by atoms with Crippen molar-refractivity contribution in [3.8, 4) is 0 Å². The summed E-state index contributed by atoms with van der Waals surface area (Å²) in [6.45, 7) is 8.92. The Bertz CT molecular complexity index is 387. The van der Waals surface area contributed by atoms with Gasteiger partial charge in [-0.25, -0.2) is 0 Å². The van der Waals surface area contributed by atoms with Crippen molar-refractivity contribution in [2.45, 2.75) is 59.0 Å². The van der Waals surface area contributed by atoms with Crippen LogP contribution >= 0.6 is 0 Å². The first-order valence-electron chi connectivity index (χ1n) is 6.54. The Kier molecular flexibility index (Phi) is 3.48. The molecule has 0 spiro atoms. The van der Waals surface area contributed by atoms with Crippen LogP contribution in [0.25, 0.3) is 0 Å². The Labute approximate surface area is 104 Å². The number of rotatable bonds is 3. The fraction of sp³-hybridized carbons (Fsp3) is 0.714. The van der Waals surface area contributed by atoms with Gasteiger partial charge in [0.25, 0.3) is 0 Å². The van der Waals surface area contributed by atoms with Gasteiger partial charge in [-0.15, -0.1) is 0 Å². The normalized spacial score (nSPS) is 24.8. The molecule has 1 saturated carbocycles. The Morgan fingerprint density at radius 3 is 2.65 bits per heavy atom. The monoisotopic (exact) mass is 233 g/mol. The lowest BCUT2D eigenvalue weighted by molar-refractivity contribution is 0.264. The summed E-state index contributed by atoms with van der Waals surface area (Å²) in [5, 5.41) is 3.72. The lowest BCUT2D eigenvalue weighted by atomic mass is 9.87. The number of aryl methyl sites for hydroxylation is 1. The van der Waals surface area contributed by atoms with Crippen LogP contribution in [-0.4, -0.2) is 16.0 Å². The quantitative estimate of drug-likeness (QED) is 0.872. The van der Waals surface area contributed by atoms with Crippen molar-refractivity contribution in [1.82, 2.24) is 15.3 Å². The van der Waals surface area contributed by atoms with E-state index in [1.165, 1.54) is 19.3 Å². The molecule has 94 valence electrons. The third-order valence-corrected chi connectivity index (χ3v) is 4.04. The number of hydrogen-bond donors (Lipinski definition) is 1. The molecule has 0 aromatic carbocycles. The molecule has 3 nitrogen and oxygen atoms in total. The smallest absolute Gasteiger partial charge is 0.0782 e. The number of nitrogens with zero attached hydrogens (tertiary/aromatic N) is 2. The van der Waals surface area contributed by atoms with Crippen LogP contribution in [-0.2, 0) is 0 Å². The molecule has 1 heterocycles. The zero-order chi connectivity index (χ0) is 12.5. The summed E-state index contributed by atoms with van der Waals surface area (Å²) >= 11 is 0. The van der Waals surface area contributed by atoms with Crippen LogP contribution in [0.3, 0.4) is 0 Å². The third-order valence-electron chi connectivity index (χ3n) is 4.04. The van der Waals surface area contributed by atoms with Gasteiger partial charge in [-0.1, -0.05) is 20.3 Å². The van der Waals surface area contributed by atoms with Gasteiger partial charge in [0.15, 0.2) is 0 Å². The predicted molar refractivity (Wildman–Crippen MR) is 69.7 cm³/mol. The van der Waals surface area contributed by atoms with E-state index in [1.807, 2.05) is 6.92 Å². The molecule has 1 aliphatic rings. The van der Waals surface area contributed by atoms with Crippen molar-refractivity contribution >= 4 is 0 Å². The highest BCUT2D eigenvalue weighted by molar-refractivity contribution is 5.13. The molecule has 0 bridgehead atoms. The molecule has 1 aromatic heterocycles. The molecule has 1 fully saturated rings. The van der Waals surface area contributed by atoms with E-state index in [1.54, 1.807) is 12.4 Å². The van der Waals surface area contributed by atoms with E-state index in [-0.39, 0.29) is 6.04 Å². The van der Waals surface area contributed by atoms with E-state index in [0.717, 1.165) is 11.4 Å². The highest BCUT2D eigenvalue weighted by Gasteiger charge is 2.35. The van der Waals surface area contributed by atoms with E-state index >= 15 is 0 Å². The Hall–Kier alpha value is -0.960. The molecular formula is C14H23N3. The SMILES string of the molecule is Cc1nccnc1C(C)NC1CCCC1(C)C. The van der Waals surface area contributed by atoms with Gasteiger partial charge in [-0.3, -0.25) is 9.97 Å². The Morgan fingerprint density at radius 1 is 1.35 bits per heavy atom. The highest BCUT2D eigenvalue weighted by Crippen LogP contribution is 2.38. The first kappa shape index (κ1) is 12.5. The second kappa shape index (κ2) is 4.73. The molecule has 0 radical (unpaired) electrons. The minimum Gasteiger partial charge on any atom is -0.305 e. The zero-order valence-electron chi connectivity index (χ0n) is 11.3. The van der Waals surface area contributed by atoms with Gasteiger partial charge < -0.3 is 5.32 Å². The second-order valence-corrected chi connectivity index (χ2v) is 5.85. The van der Waals surface area contributed by atoms with Gasteiger partial charge in [0.1, 0.15) is 0 Å². The molecule has 0 saturated heterocycles. The maximum Gasteiger partial charge on any atom is 0.0782 e. The molecule has 1 aromatic rings. The highest BCUT2D eigenvalue weighted by atomic mass is 15.0. The molecule has 2 atom stereocenters. The first-order valence-corrected chi connectivity index (χ1v) is 6.54. The number of aromatic nitrogens is 2. The summed E-state index contributed by atoms with van der Waals surface area (Å²) in [4.78, 5) is 8.75. The second-order valence-electron chi connectivity index (χ2n) is 5.85. The standard InChI is InChI=1S/C14H23N3/c1-10-13(16-9-8-15-10)11(2)17-12-6-5-7-14(12,3)4/h8-9,11-12,17H,5-7H2,1-4H3. The fourth-order valence-electron chi connectivity index (χ4n) is 2.86. The van der Waals surface area contributed by atoms with Crippen molar-refractivity contribution in [2.24, 2.45) is 5.41 Å². The van der Waals surface area contributed by atoms with E-state index in [2.05, 4.69) is 36.1 Å². The molecule has 3 heteroatoms. The molecule has 0 amide bonds. The molecule has 2 rings (SSSR count). The largest absolute Gasteiger partial charge is 0.305 e. The van der Waals surface area contributed by atoms with Crippen LogP contribution in [0.5, 0.6) is 0 Å². The summed E-state index contributed by atoms with van der Waals surface area (Å²) in [5.41, 5.74) is 2.52. The summed E-state index contributed by atoms with van der Waals surface area (Å²) in [5.74, 6) is 0. The van der Waals surface area contributed by atoms with Crippen LogP contribution in [0.15, 0.2) is 12.4 Å². The van der Waals surface area contributed by atoms with Gasteiger partial charge in [0, 0.05) is 24.5 Å². The lowest BCUT2D eigenvalue weighted by Crippen LogP contribution is -2.39. The van der Waals surface area contributed by atoms with Crippen molar-refractivity contribution in [1.29, 1.82) is 0 Å². The van der Waals surface area contributed by atoms with Gasteiger partial charge in [0.05, 0.1) is 11.4 Å². The fourth-order valence-corrected chi connectivity index (χ4v) is 2.86. The van der Waals surface area contributed by atoms with Gasteiger partial charge >= 0.3 is 0 Å². The molecule has 0 aliphatic heterocycles. The van der Waals surface area contributed by atoms with Crippen molar-refractivity contribution in [3.63, 3.8) is 0 Å². The number of nitrogens with one attached hydrogen (secondary N) is 1. The van der Waals surface area contributed by atoms with Crippen molar-refractivity contribution < 1.29 is 0 Å². The van der Waals surface area contributed by atoms with Crippen LogP contribution < -0.4 is 5.32 Å². The van der Waals surface area contributed by atoms with Crippen LogP contribution in [0.2, 0.25) is 0 Å². The van der Waals surface area contributed by atoms with Crippen molar-refractivity contribution in [3.05, 3.63) is 23.8 Å². The molecule has 17 heavy (non-hydrogen) atoms. The minimum absolute atomic E-state index is 0.283. The molecule has 2 unspecified atom stereocenters. The summed E-state index contributed by atoms with van der Waals surface area (Å²) in [6, 6.07) is 0.880. The Balaban J connectivity index is 2.07. The van der Waals surface area contributed by atoms with E-state index in [4.69, 9.17) is 0 Å². The summed E-state index contributed by atoms with van der Waals surface area (Å²) in [6.07, 6.45) is 7.45. The lowest BCUT2D eigenvalue weighted by Gasteiger charge is -2.30.